The molecule has 0 fully saturated rings. The van der Waals surface area contributed by atoms with Crippen molar-refractivity contribution in [2.45, 2.75) is 0 Å². The van der Waals surface area contributed by atoms with Crippen molar-refractivity contribution < 1.29 is 4.74 Å². The largest absolute Gasteiger partial charge is 0.456 e. The molecule has 9 aromatic carbocycles. The molecule has 0 radical (unpaired) electrons. The molecule has 10 rings (SSSR count). The van der Waals surface area contributed by atoms with Gasteiger partial charge in [0.25, 0.3) is 0 Å². The van der Waals surface area contributed by atoms with Gasteiger partial charge in [-0.1, -0.05) is 176 Å². The molecular formula is C54H37NO. The summed E-state index contributed by atoms with van der Waals surface area (Å²) >= 11 is 0. The topological polar surface area (TPSA) is 12.5 Å². The molecule has 0 N–H and O–H groups in total. The fraction of sp³-hybridized carbons (Fsp3) is 0. The van der Waals surface area contributed by atoms with Gasteiger partial charge in [0, 0.05) is 28.1 Å². The first-order valence-electron chi connectivity index (χ1n) is 19.1. The summed E-state index contributed by atoms with van der Waals surface area (Å²) in [6, 6.07) is 79.9. The summed E-state index contributed by atoms with van der Waals surface area (Å²) in [6.45, 7) is 0. The van der Waals surface area contributed by atoms with E-state index in [1.807, 2.05) is 0 Å². The quantitative estimate of drug-likeness (QED) is 0.163. The molecule has 1 aliphatic rings. The predicted octanol–water partition coefficient (Wildman–Crippen LogP) is 15.3. The number of anilines is 3. The fourth-order valence-electron chi connectivity index (χ4n) is 8.03. The first-order chi connectivity index (χ1) is 27.8. The lowest BCUT2D eigenvalue weighted by atomic mass is 9.86. The first kappa shape index (κ1) is 33.2. The highest BCUT2D eigenvalue weighted by atomic mass is 16.5. The third-order valence-corrected chi connectivity index (χ3v) is 10.7. The monoisotopic (exact) mass is 715 g/mol. The van der Waals surface area contributed by atoms with Crippen molar-refractivity contribution in [3.63, 3.8) is 0 Å². The molecule has 1 aliphatic heterocycles. The number of benzene rings is 9. The number of hydrogen-bond acceptors (Lipinski definition) is 2. The molecule has 0 bridgehead atoms. The van der Waals surface area contributed by atoms with Crippen LogP contribution >= 0.6 is 0 Å². The molecule has 0 unspecified atom stereocenters. The van der Waals surface area contributed by atoms with Gasteiger partial charge in [0.1, 0.15) is 11.5 Å². The first-order valence-corrected chi connectivity index (χ1v) is 19.1. The summed E-state index contributed by atoms with van der Waals surface area (Å²) in [5.74, 6) is 1.64. The van der Waals surface area contributed by atoms with Gasteiger partial charge >= 0.3 is 0 Å². The lowest BCUT2D eigenvalue weighted by molar-refractivity contribution is 0.488. The van der Waals surface area contributed by atoms with Gasteiger partial charge in [0.05, 0.1) is 5.69 Å². The second-order valence-corrected chi connectivity index (χ2v) is 14.1. The third kappa shape index (κ3) is 6.14. The second kappa shape index (κ2) is 14.4. The molecule has 0 aromatic heterocycles. The van der Waals surface area contributed by atoms with Gasteiger partial charge in [-0.25, -0.2) is 0 Å². The maximum absolute atomic E-state index is 7.14. The highest BCUT2D eigenvalue weighted by Crippen LogP contribution is 2.55. The van der Waals surface area contributed by atoms with E-state index >= 15 is 0 Å². The van der Waals surface area contributed by atoms with Crippen molar-refractivity contribution in [2.24, 2.45) is 0 Å². The van der Waals surface area contributed by atoms with Gasteiger partial charge in [0.15, 0.2) is 0 Å². The van der Waals surface area contributed by atoms with Crippen LogP contribution in [-0.4, -0.2) is 0 Å². The molecule has 0 saturated heterocycles. The number of rotatable bonds is 7. The molecule has 2 heteroatoms. The van der Waals surface area contributed by atoms with Crippen molar-refractivity contribution in [1.82, 2.24) is 0 Å². The van der Waals surface area contributed by atoms with Crippen LogP contribution in [0.4, 0.5) is 17.1 Å². The minimum atomic E-state index is 0.808. The highest BCUT2D eigenvalue weighted by Gasteiger charge is 2.29. The van der Waals surface area contributed by atoms with E-state index in [-0.39, 0.29) is 0 Å². The van der Waals surface area contributed by atoms with E-state index < -0.39 is 0 Å². The minimum Gasteiger partial charge on any atom is -0.456 e. The molecule has 0 saturated carbocycles. The van der Waals surface area contributed by atoms with Crippen molar-refractivity contribution in [3.8, 4) is 78.3 Å². The molecular weight excluding hydrogens is 679 g/mol. The standard InChI is InChI=1S/C54H37NO/c1-5-16-38(17-6-1)41-30-33-45(34-31-41)55(46-25-13-24-43(36-46)39-18-7-2-8-19-39)50-28-15-29-51-54(50)49-27-14-26-47(42-22-11-4-12-23-42)53(49)48-35-32-44(37-52(48)56-51)40-20-9-3-10-21-40/h1-37H. The zero-order valence-electron chi connectivity index (χ0n) is 30.7. The second-order valence-electron chi connectivity index (χ2n) is 14.1. The summed E-state index contributed by atoms with van der Waals surface area (Å²) in [5, 5.41) is 0. The van der Waals surface area contributed by atoms with Gasteiger partial charge in [-0.3, -0.25) is 0 Å². The van der Waals surface area contributed by atoms with E-state index in [1.165, 1.54) is 16.7 Å². The average Bonchev–Trinajstić information content (AvgIpc) is 3.42. The van der Waals surface area contributed by atoms with Crippen LogP contribution in [-0.2, 0) is 0 Å². The molecule has 0 spiro atoms. The molecule has 9 aromatic rings. The normalized spacial score (nSPS) is 11.4. The Morgan fingerprint density at radius 1 is 0.268 bits per heavy atom. The Morgan fingerprint density at radius 2 is 0.768 bits per heavy atom. The van der Waals surface area contributed by atoms with Crippen LogP contribution in [0.5, 0.6) is 11.5 Å². The maximum atomic E-state index is 7.14. The Morgan fingerprint density at radius 3 is 1.43 bits per heavy atom. The molecule has 2 nitrogen and oxygen atoms in total. The van der Waals surface area contributed by atoms with Gasteiger partial charge < -0.3 is 9.64 Å². The summed E-state index contributed by atoms with van der Waals surface area (Å²) in [4.78, 5) is 2.38. The van der Waals surface area contributed by atoms with E-state index in [9.17, 15) is 0 Å². The average molecular weight is 716 g/mol. The number of ether oxygens (including phenoxy) is 1. The fourth-order valence-corrected chi connectivity index (χ4v) is 8.03. The Kier molecular flexibility index (Phi) is 8.55. The van der Waals surface area contributed by atoms with Crippen LogP contribution in [0.25, 0.3) is 66.8 Å². The minimum absolute atomic E-state index is 0.808. The molecule has 56 heavy (non-hydrogen) atoms. The Bertz CT molecular complexity index is 2800. The van der Waals surface area contributed by atoms with E-state index in [4.69, 9.17) is 4.74 Å². The van der Waals surface area contributed by atoms with Crippen LogP contribution in [0.1, 0.15) is 0 Å². The lowest BCUT2D eigenvalue weighted by Gasteiger charge is -2.29. The Hall–Kier alpha value is -7.42. The van der Waals surface area contributed by atoms with Crippen LogP contribution in [0.15, 0.2) is 224 Å². The van der Waals surface area contributed by atoms with Crippen molar-refractivity contribution in [3.05, 3.63) is 224 Å². The lowest BCUT2D eigenvalue weighted by Crippen LogP contribution is -2.12. The van der Waals surface area contributed by atoms with Crippen LogP contribution in [0.3, 0.4) is 0 Å². The smallest absolute Gasteiger partial charge is 0.137 e. The van der Waals surface area contributed by atoms with Crippen molar-refractivity contribution in [2.75, 3.05) is 4.90 Å². The number of fused-ring (bicyclic) bond motifs is 5. The third-order valence-electron chi connectivity index (χ3n) is 10.7. The van der Waals surface area contributed by atoms with E-state index in [1.54, 1.807) is 0 Å². The molecule has 264 valence electrons. The summed E-state index contributed by atoms with van der Waals surface area (Å²) < 4.78 is 7.14. The predicted molar refractivity (Wildman–Crippen MR) is 234 cm³/mol. The van der Waals surface area contributed by atoms with Gasteiger partial charge in [0.2, 0.25) is 0 Å². The van der Waals surface area contributed by atoms with Gasteiger partial charge in [-0.05, 0) is 98.6 Å². The zero-order valence-corrected chi connectivity index (χ0v) is 30.7. The maximum Gasteiger partial charge on any atom is 0.137 e. The van der Waals surface area contributed by atoms with Crippen LogP contribution in [0, 0.1) is 0 Å². The summed E-state index contributed by atoms with van der Waals surface area (Å²) in [5.41, 5.74) is 16.8. The summed E-state index contributed by atoms with van der Waals surface area (Å²) in [6.07, 6.45) is 0. The Balaban J connectivity index is 1.22. The van der Waals surface area contributed by atoms with E-state index in [2.05, 4.69) is 229 Å². The molecule has 0 atom stereocenters. The number of hydrogen-bond donors (Lipinski definition) is 0. The van der Waals surface area contributed by atoms with E-state index in [0.717, 1.165) is 78.6 Å². The Labute approximate surface area is 328 Å². The highest BCUT2D eigenvalue weighted by molar-refractivity contribution is 6.04. The zero-order chi connectivity index (χ0) is 37.3. The van der Waals surface area contributed by atoms with Gasteiger partial charge in [-0.2, -0.15) is 0 Å². The van der Waals surface area contributed by atoms with Crippen molar-refractivity contribution in [1.29, 1.82) is 0 Å². The summed E-state index contributed by atoms with van der Waals surface area (Å²) in [7, 11) is 0. The molecule has 1 heterocycles. The van der Waals surface area contributed by atoms with Crippen LogP contribution < -0.4 is 9.64 Å². The van der Waals surface area contributed by atoms with Gasteiger partial charge in [-0.15, -0.1) is 0 Å². The molecule has 0 amide bonds. The number of nitrogens with zero attached hydrogens (tertiary/aromatic N) is 1. The van der Waals surface area contributed by atoms with E-state index in [0.29, 0.717) is 0 Å². The SMILES string of the molecule is c1ccc(-c2ccc(N(c3cccc(-c4ccccc4)c3)c3cccc4c3-c3cccc(-c5ccccc5)c3-c3ccc(-c5ccccc5)cc3O4)cc2)cc1. The van der Waals surface area contributed by atoms with Crippen molar-refractivity contribution >= 4 is 17.1 Å². The van der Waals surface area contributed by atoms with Crippen LogP contribution in [0.2, 0.25) is 0 Å². The molecule has 0 aliphatic carbocycles.